The summed E-state index contributed by atoms with van der Waals surface area (Å²) < 4.78 is 0. The molecule has 0 rings (SSSR count). The van der Waals surface area contributed by atoms with E-state index in [2.05, 4.69) is 27.7 Å². The molecule has 0 aliphatic carbocycles. The second kappa shape index (κ2) is 6.25. The first-order chi connectivity index (χ1) is 4.00. The second-order valence-electron chi connectivity index (χ2n) is 4.33. The Bertz CT molecular complexity index is 47.9. The van der Waals surface area contributed by atoms with E-state index in [1.165, 1.54) is 0 Å². The molecule has 0 nitrogen and oxygen atoms in total. The Labute approximate surface area is 88.0 Å². The molecule has 64 valence electrons. The van der Waals surface area contributed by atoms with Gasteiger partial charge in [-0.25, -0.2) is 0 Å². The van der Waals surface area contributed by atoms with Crippen LogP contribution in [0.4, 0.5) is 0 Å². The molecule has 0 aromatic carbocycles. The van der Waals surface area contributed by atoms with E-state index in [0.717, 1.165) is 0 Å². The molecule has 0 fully saturated rings. The van der Waals surface area contributed by atoms with E-state index < -0.39 is 0 Å². The monoisotopic (exact) mass is 188 g/mol. The van der Waals surface area contributed by atoms with Gasteiger partial charge in [0.05, 0.1) is 0 Å². The molecule has 0 heterocycles. The van der Waals surface area contributed by atoms with E-state index in [0.29, 0.717) is 0 Å². The Balaban J connectivity index is -0.000000107. The minimum Gasteiger partial charge on any atom is -0.367 e. The van der Waals surface area contributed by atoms with Gasteiger partial charge >= 0.3 is 21.7 Å². The molecular weight excluding hydrogens is 168 g/mol. The van der Waals surface area contributed by atoms with Crippen LogP contribution in [0.5, 0.6) is 0 Å². The molecular formula is C10H20Ti. The molecule has 0 unspecified atom stereocenters. The molecule has 0 spiro atoms. The minimum atomic E-state index is 0. The summed E-state index contributed by atoms with van der Waals surface area (Å²) in [5.41, 5.74) is 0. The SMILES string of the molecule is [CH2-]C([CH2-])(C)C.[CH2-]C([CH2-])(C)C.[Ti+4]. The summed E-state index contributed by atoms with van der Waals surface area (Å²) in [6.45, 7) is 22.5. The predicted octanol–water partition coefficient (Wildman–Crippen LogP) is 3.36. The zero-order valence-corrected chi connectivity index (χ0v) is 9.89. The Morgan fingerprint density at radius 1 is 0.636 bits per heavy atom. The van der Waals surface area contributed by atoms with Gasteiger partial charge in [-0.15, -0.1) is 27.7 Å². The summed E-state index contributed by atoms with van der Waals surface area (Å²) in [6.07, 6.45) is 0. The van der Waals surface area contributed by atoms with E-state index in [1.54, 1.807) is 0 Å². The van der Waals surface area contributed by atoms with Crippen molar-refractivity contribution in [2.24, 2.45) is 10.8 Å². The van der Waals surface area contributed by atoms with Crippen molar-refractivity contribution >= 4 is 0 Å². The predicted molar refractivity (Wildman–Crippen MR) is 49.0 cm³/mol. The van der Waals surface area contributed by atoms with Crippen LogP contribution >= 0.6 is 0 Å². The van der Waals surface area contributed by atoms with Crippen LogP contribution in [-0.2, 0) is 21.7 Å². The third-order valence-corrected chi connectivity index (χ3v) is 0. The van der Waals surface area contributed by atoms with Crippen molar-refractivity contribution in [3.63, 3.8) is 0 Å². The molecule has 0 atom stereocenters. The molecule has 0 bridgehead atoms. The van der Waals surface area contributed by atoms with E-state index in [4.69, 9.17) is 0 Å². The van der Waals surface area contributed by atoms with E-state index in [9.17, 15) is 0 Å². The molecule has 0 aliphatic heterocycles. The Kier molecular flexibility index (Phi) is 10.1. The van der Waals surface area contributed by atoms with Gasteiger partial charge in [0.25, 0.3) is 0 Å². The normalized spacial score (nSPS) is 10.9. The van der Waals surface area contributed by atoms with Crippen molar-refractivity contribution in [2.45, 2.75) is 27.7 Å². The molecule has 0 aromatic heterocycles. The summed E-state index contributed by atoms with van der Waals surface area (Å²) >= 11 is 0. The van der Waals surface area contributed by atoms with Crippen molar-refractivity contribution in [1.82, 2.24) is 0 Å². The zero-order chi connectivity index (χ0) is 9.00. The quantitative estimate of drug-likeness (QED) is 0.404. The van der Waals surface area contributed by atoms with Gasteiger partial charge in [0.2, 0.25) is 0 Å². The maximum absolute atomic E-state index is 3.66. The Morgan fingerprint density at radius 2 is 0.636 bits per heavy atom. The standard InChI is InChI=1S/2C5H10.Ti/c2*1-5(2,3)4;/h2*1-2H2,3-4H3;/q2*-2;+4. The largest absolute Gasteiger partial charge is 4.00 e. The number of rotatable bonds is 0. The third-order valence-electron chi connectivity index (χ3n) is 0. The fourth-order valence-corrected chi connectivity index (χ4v) is 0. The van der Waals surface area contributed by atoms with Crippen LogP contribution in [-0.4, -0.2) is 0 Å². The zero-order valence-electron chi connectivity index (χ0n) is 8.33. The minimum absolute atomic E-state index is 0. The fourth-order valence-electron chi connectivity index (χ4n) is 0. The van der Waals surface area contributed by atoms with Gasteiger partial charge in [0.1, 0.15) is 0 Å². The van der Waals surface area contributed by atoms with Gasteiger partial charge in [0.15, 0.2) is 0 Å². The molecule has 0 amide bonds. The maximum Gasteiger partial charge on any atom is 4.00 e. The summed E-state index contributed by atoms with van der Waals surface area (Å²) in [5, 5.41) is 0. The van der Waals surface area contributed by atoms with E-state index in [1.807, 2.05) is 27.7 Å². The molecule has 0 aliphatic rings. The van der Waals surface area contributed by atoms with Crippen LogP contribution < -0.4 is 0 Å². The van der Waals surface area contributed by atoms with Gasteiger partial charge in [-0.05, 0) is 0 Å². The molecule has 0 saturated carbocycles. The number of hydrogen-bond donors (Lipinski definition) is 0. The molecule has 1 heteroatoms. The second-order valence-corrected chi connectivity index (χ2v) is 4.33. The van der Waals surface area contributed by atoms with Gasteiger partial charge < -0.3 is 27.7 Å². The van der Waals surface area contributed by atoms with Crippen molar-refractivity contribution in [1.29, 1.82) is 0 Å². The van der Waals surface area contributed by atoms with E-state index in [-0.39, 0.29) is 32.5 Å². The average Bonchev–Trinajstić information content (AvgIpc) is 1.12. The van der Waals surface area contributed by atoms with Crippen LogP contribution in [0.2, 0.25) is 0 Å². The smallest absolute Gasteiger partial charge is 0.367 e. The van der Waals surface area contributed by atoms with E-state index >= 15 is 0 Å². The Morgan fingerprint density at radius 3 is 0.636 bits per heavy atom. The van der Waals surface area contributed by atoms with Crippen molar-refractivity contribution in [3.8, 4) is 0 Å². The molecule has 11 heavy (non-hydrogen) atoms. The Hall–Kier alpha value is 0.714. The van der Waals surface area contributed by atoms with Crippen LogP contribution in [0.1, 0.15) is 27.7 Å². The first-order valence-electron chi connectivity index (χ1n) is 3.41. The molecule has 0 N–H and O–H groups in total. The molecule has 0 saturated heterocycles. The van der Waals surface area contributed by atoms with Gasteiger partial charge in [-0.2, -0.15) is 0 Å². The van der Waals surface area contributed by atoms with Crippen molar-refractivity contribution < 1.29 is 21.7 Å². The van der Waals surface area contributed by atoms with Crippen molar-refractivity contribution in [2.75, 3.05) is 0 Å². The first-order valence-corrected chi connectivity index (χ1v) is 3.41. The van der Waals surface area contributed by atoms with Gasteiger partial charge in [0, 0.05) is 0 Å². The summed E-state index contributed by atoms with van der Waals surface area (Å²) in [4.78, 5) is 0. The summed E-state index contributed by atoms with van der Waals surface area (Å²) in [5.74, 6) is 0. The summed E-state index contributed by atoms with van der Waals surface area (Å²) in [6, 6.07) is 0. The van der Waals surface area contributed by atoms with Crippen LogP contribution in [0.3, 0.4) is 0 Å². The first kappa shape index (κ1) is 17.7. The number of hydrogen-bond acceptors (Lipinski definition) is 0. The fraction of sp³-hybridized carbons (Fsp3) is 0.600. The molecule has 0 radical (unpaired) electrons. The molecule has 0 aromatic rings. The van der Waals surface area contributed by atoms with Gasteiger partial charge in [-0.1, -0.05) is 0 Å². The van der Waals surface area contributed by atoms with Crippen LogP contribution in [0.25, 0.3) is 0 Å². The van der Waals surface area contributed by atoms with Crippen LogP contribution in [0.15, 0.2) is 0 Å². The van der Waals surface area contributed by atoms with Gasteiger partial charge in [-0.3, -0.25) is 10.8 Å². The van der Waals surface area contributed by atoms with Crippen molar-refractivity contribution in [3.05, 3.63) is 27.7 Å². The summed E-state index contributed by atoms with van der Waals surface area (Å²) in [7, 11) is 0. The van der Waals surface area contributed by atoms with Crippen LogP contribution in [0, 0.1) is 38.5 Å². The third kappa shape index (κ3) is 1590. The topological polar surface area (TPSA) is 0 Å². The average molecular weight is 188 g/mol. The maximum atomic E-state index is 3.66.